The second-order valence-electron chi connectivity index (χ2n) is 7.31. The Kier molecular flexibility index (Phi) is 6.33. The molecule has 0 radical (unpaired) electrons. The smallest absolute Gasteiger partial charge is 0.253 e. The molecule has 31 heavy (non-hydrogen) atoms. The van der Waals surface area contributed by atoms with Gasteiger partial charge in [0.2, 0.25) is 10.0 Å². The van der Waals surface area contributed by atoms with Crippen LogP contribution in [0.4, 0.5) is 0 Å². The lowest BCUT2D eigenvalue weighted by Crippen LogP contribution is -2.50. The third-order valence-corrected chi connectivity index (χ3v) is 7.19. The summed E-state index contributed by atoms with van der Waals surface area (Å²) >= 11 is 0. The van der Waals surface area contributed by atoms with Gasteiger partial charge in [0, 0.05) is 44.2 Å². The maximum Gasteiger partial charge on any atom is 0.253 e. The molecule has 1 amide bonds. The largest absolute Gasteiger partial charge is 0.494 e. The van der Waals surface area contributed by atoms with Gasteiger partial charge in [-0.15, -0.1) is 0 Å². The van der Waals surface area contributed by atoms with Crippen molar-refractivity contribution in [3.05, 3.63) is 48.0 Å². The van der Waals surface area contributed by atoms with E-state index < -0.39 is 10.0 Å². The molecule has 1 fully saturated rings. The number of fused-ring (bicyclic) bond motifs is 1. The molecule has 8 nitrogen and oxygen atoms in total. The Balaban J connectivity index is 1.42. The van der Waals surface area contributed by atoms with Crippen LogP contribution in [0.1, 0.15) is 23.7 Å². The monoisotopic (exact) mass is 446 g/mol. The quantitative estimate of drug-likeness (QED) is 0.701. The van der Waals surface area contributed by atoms with Crippen molar-refractivity contribution in [1.29, 1.82) is 0 Å². The fourth-order valence-electron chi connectivity index (χ4n) is 3.63. The summed E-state index contributed by atoms with van der Waals surface area (Å²) in [7, 11) is -3.69. The molecule has 4 rings (SSSR count). The Hall–Kier alpha value is -2.78. The highest BCUT2D eigenvalue weighted by molar-refractivity contribution is 7.89. The minimum atomic E-state index is -3.69. The molecule has 0 aromatic heterocycles. The first-order chi connectivity index (χ1) is 15.0. The lowest BCUT2D eigenvalue weighted by molar-refractivity contribution is 0.0698. The Morgan fingerprint density at radius 3 is 2.32 bits per heavy atom. The summed E-state index contributed by atoms with van der Waals surface area (Å²) in [4.78, 5) is 14.6. The van der Waals surface area contributed by atoms with E-state index in [1.54, 1.807) is 41.3 Å². The maximum absolute atomic E-state index is 13.1. The number of ether oxygens (including phenoxy) is 3. The van der Waals surface area contributed by atoms with Crippen LogP contribution >= 0.6 is 0 Å². The van der Waals surface area contributed by atoms with Gasteiger partial charge in [-0.3, -0.25) is 4.79 Å². The number of carbonyl (C=O) groups is 1. The highest BCUT2D eigenvalue weighted by Gasteiger charge is 2.31. The molecule has 2 aromatic carbocycles. The van der Waals surface area contributed by atoms with Crippen molar-refractivity contribution >= 4 is 15.9 Å². The van der Waals surface area contributed by atoms with Crippen LogP contribution in [-0.4, -0.2) is 69.5 Å². The number of piperazine rings is 1. The molecule has 0 spiro atoms. The Morgan fingerprint density at radius 1 is 0.968 bits per heavy atom. The second-order valence-corrected chi connectivity index (χ2v) is 9.25. The number of nitrogens with zero attached hydrogens (tertiary/aromatic N) is 2. The van der Waals surface area contributed by atoms with Crippen molar-refractivity contribution in [1.82, 2.24) is 9.21 Å². The van der Waals surface area contributed by atoms with Crippen LogP contribution in [0.15, 0.2) is 47.4 Å². The van der Waals surface area contributed by atoms with E-state index in [4.69, 9.17) is 14.2 Å². The Bertz CT molecular complexity index is 1030. The van der Waals surface area contributed by atoms with Crippen LogP contribution in [0.2, 0.25) is 0 Å². The molecular formula is C22H26N2O6S. The zero-order valence-electron chi connectivity index (χ0n) is 17.5. The molecule has 0 aliphatic carbocycles. The molecule has 0 atom stereocenters. The van der Waals surface area contributed by atoms with Crippen molar-refractivity contribution in [2.45, 2.75) is 18.2 Å². The predicted octanol–water partition coefficient (Wildman–Crippen LogP) is 2.39. The second kappa shape index (κ2) is 9.15. The van der Waals surface area contributed by atoms with Crippen LogP contribution in [0.3, 0.4) is 0 Å². The van der Waals surface area contributed by atoms with Gasteiger partial charge in [-0.25, -0.2) is 8.42 Å². The van der Waals surface area contributed by atoms with Crippen LogP contribution < -0.4 is 14.2 Å². The van der Waals surface area contributed by atoms with Crippen molar-refractivity contribution in [3.8, 4) is 17.2 Å². The number of rotatable bonds is 5. The highest BCUT2D eigenvalue weighted by Crippen LogP contribution is 2.33. The number of hydrogen-bond acceptors (Lipinski definition) is 6. The fraction of sp³-hybridized carbons (Fsp3) is 0.409. The number of carbonyl (C=O) groups excluding carboxylic acids is 1. The average molecular weight is 447 g/mol. The third kappa shape index (κ3) is 4.62. The Labute approximate surface area is 182 Å². The third-order valence-electron chi connectivity index (χ3n) is 5.29. The lowest BCUT2D eigenvalue weighted by Gasteiger charge is -2.34. The van der Waals surface area contributed by atoms with E-state index >= 15 is 0 Å². The van der Waals surface area contributed by atoms with Gasteiger partial charge in [-0.2, -0.15) is 4.31 Å². The molecule has 0 bridgehead atoms. The zero-order valence-corrected chi connectivity index (χ0v) is 18.3. The number of benzene rings is 2. The maximum atomic E-state index is 13.1. The first-order valence-corrected chi connectivity index (χ1v) is 11.8. The van der Waals surface area contributed by atoms with Gasteiger partial charge in [-0.1, -0.05) is 0 Å². The number of sulfonamides is 1. The van der Waals surface area contributed by atoms with Crippen molar-refractivity contribution in [2.75, 3.05) is 46.0 Å². The molecular weight excluding hydrogens is 420 g/mol. The molecule has 0 saturated carbocycles. The van der Waals surface area contributed by atoms with Crippen LogP contribution in [0.5, 0.6) is 17.2 Å². The molecule has 9 heteroatoms. The van der Waals surface area contributed by atoms with Gasteiger partial charge >= 0.3 is 0 Å². The van der Waals surface area contributed by atoms with Crippen LogP contribution in [-0.2, 0) is 10.0 Å². The fourth-order valence-corrected chi connectivity index (χ4v) is 5.07. The SMILES string of the molecule is CCOc1ccc(C(=O)N2CCN(S(=O)(=O)c3ccc4c(c3)OCCCO4)CC2)cc1. The normalized spacial score (nSPS) is 17.1. The molecule has 0 N–H and O–H groups in total. The van der Waals surface area contributed by atoms with Gasteiger partial charge in [0.25, 0.3) is 5.91 Å². The zero-order chi connectivity index (χ0) is 21.8. The summed E-state index contributed by atoms with van der Waals surface area (Å²) < 4.78 is 44.3. The van der Waals surface area contributed by atoms with E-state index in [0.29, 0.717) is 55.7 Å². The summed E-state index contributed by atoms with van der Waals surface area (Å²) in [5, 5.41) is 0. The van der Waals surface area contributed by atoms with Crippen molar-refractivity contribution in [3.63, 3.8) is 0 Å². The van der Waals surface area contributed by atoms with E-state index in [0.717, 1.165) is 6.42 Å². The topological polar surface area (TPSA) is 85.4 Å². The first-order valence-electron chi connectivity index (χ1n) is 10.4. The van der Waals surface area contributed by atoms with Crippen LogP contribution in [0, 0.1) is 0 Å². The average Bonchev–Trinajstić information content (AvgIpc) is 3.04. The number of hydrogen-bond donors (Lipinski definition) is 0. The minimum absolute atomic E-state index is 0.115. The van der Waals surface area contributed by atoms with E-state index in [1.165, 1.54) is 10.4 Å². The van der Waals surface area contributed by atoms with Gasteiger partial charge in [0.15, 0.2) is 11.5 Å². The molecule has 2 aliphatic rings. The first kappa shape index (κ1) is 21.5. The lowest BCUT2D eigenvalue weighted by atomic mass is 10.2. The standard InChI is InChI=1S/C22H26N2O6S/c1-2-28-18-6-4-17(5-7-18)22(25)23-10-12-24(13-11-23)31(26,27)19-8-9-20-21(16-19)30-15-3-14-29-20/h4-9,16H,2-3,10-15H2,1H3. The van der Waals surface area contributed by atoms with Crippen molar-refractivity contribution < 1.29 is 27.4 Å². The van der Waals surface area contributed by atoms with Gasteiger partial charge < -0.3 is 19.1 Å². The van der Waals surface area contributed by atoms with Crippen LogP contribution in [0.25, 0.3) is 0 Å². The molecule has 0 unspecified atom stereocenters. The molecule has 166 valence electrons. The molecule has 2 aromatic rings. The summed E-state index contributed by atoms with van der Waals surface area (Å²) in [5.74, 6) is 1.60. The van der Waals surface area contributed by atoms with E-state index in [9.17, 15) is 13.2 Å². The highest BCUT2D eigenvalue weighted by atomic mass is 32.2. The summed E-state index contributed by atoms with van der Waals surface area (Å²) in [5.41, 5.74) is 0.558. The van der Waals surface area contributed by atoms with E-state index in [-0.39, 0.29) is 23.9 Å². The van der Waals surface area contributed by atoms with Crippen molar-refractivity contribution in [2.24, 2.45) is 0 Å². The van der Waals surface area contributed by atoms with Gasteiger partial charge in [0.1, 0.15) is 5.75 Å². The Morgan fingerprint density at radius 2 is 1.65 bits per heavy atom. The molecule has 2 heterocycles. The predicted molar refractivity (Wildman–Crippen MR) is 114 cm³/mol. The molecule has 2 aliphatic heterocycles. The summed E-state index contributed by atoms with van der Waals surface area (Å²) in [6.07, 6.45) is 0.751. The summed E-state index contributed by atoms with van der Waals surface area (Å²) in [6, 6.07) is 11.7. The van der Waals surface area contributed by atoms with Gasteiger partial charge in [-0.05, 0) is 43.3 Å². The minimum Gasteiger partial charge on any atom is -0.494 e. The molecule has 1 saturated heterocycles. The number of amides is 1. The van der Waals surface area contributed by atoms with E-state index in [2.05, 4.69) is 0 Å². The summed E-state index contributed by atoms with van der Waals surface area (Å²) in [6.45, 7) is 4.63. The van der Waals surface area contributed by atoms with E-state index in [1.807, 2.05) is 6.92 Å². The van der Waals surface area contributed by atoms with Gasteiger partial charge in [0.05, 0.1) is 24.7 Å².